The third-order valence-corrected chi connectivity index (χ3v) is 4.64. The first kappa shape index (κ1) is 14.1. The van der Waals surface area contributed by atoms with Crippen molar-refractivity contribution in [3.63, 3.8) is 0 Å². The second-order valence-corrected chi connectivity index (χ2v) is 6.45. The zero-order valence-corrected chi connectivity index (χ0v) is 12.7. The van der Waals surface area contributed by atoms with Crippen LogP contribution in [0.15, 0.2) is 12.5 Å². The van der Waals surface area contributed by atoms with Gasteiger partial charge in [-0.1, -0.05) is 6.92 Å². The summed E-state index contributed by atoms with van der Waals surface area (Å²) >= 11 is 0. The minimum Gasteiger partial charge on any atom is -0.330 e. The van der Waals surface area contributed by atoms with Gasteiger partial charge in [-0.15, -0.1) is 0 Å². The van der Waals surface area contributed by atoms with Crippen LogP contribution in [0.1, 0.15) is 50.8 Å². The van der Waals surface area contributed by atoms with Crippen molar-refractivity contribution in [2.75, 3.05) is 26.2 Å². The van der Waals surface area contributed by atoms with E-state index in [1.165, 1.54) is 64.0 Å². The number of nitrogens with one attached hydrogen (secondary N) is 1. The van der Waals surface area contributed by atoms with Gasteiger partial charge in [-0.05, 0) is 64.2 Å². The smallest absolute Gasteiger partial charge is 0.0951 e. The van der Waals surface area contributed by atoms with Crippen LogP contribution in [0.4, 0.5) is 0 Å². The van der Waals surface area contributed by atoms with Crippen LogP contribution in [0, 0.1) is 5.92 Å². The molecule has 0 amide bonds. The quantitative estimate of drug-likeness (QED) is 0.777. The van der Waals surface area contributed by atoms with Crippen LogP contribution in [0.2, 0.25) is 0 Å². The van der Waals surface area contributed by atoms with Crippen molar-refractivity contribution in [3.05, 3.63) is 18.2 Å². The lowest BCUT2D eigenvalue weighted by molar-refractivity contribution is 0.172. The van der Waals surface area contributed by atoms with Gasteiger partial charge in [-0.3, -0.25) is 4.90 Å². The Balaban J connectivity index is 1.43. The molecule has 112 valence electrons. The largest absolute Gasteiger partial charge is 0.330 e. The van der Waals surface area contributed by atoms with E-state index >= 15 is 0 Å². The molecule has 0 unspecified atom stereocenters. The van der Waals surface area contributed by atoms with Crippen molar-refractivity contribution in [2.24, 2.45) is 5.92 Å². The molecule has 2 aliphatic rings. The van der Waals surface area contributed by atoms with E-state index in [9.17, 15) is 0 Å². The maximum absolute atomic E-state index is 4.34. The van der Waals surface area contributed by atoms with Gasteiger partial charge < -0.3 is 9.88 Å². The molecular formula is C16H28N4. The third-order valence-electron chi connectivity index (χ3n) is 4.64. The lowest BCUT2D eigenvalue weighted by atomic mass is 9.96. The maximum Gasteiger partial charge on any atom is 0.0951 e. The van der Waals surface area contributed by atoms with Gasteiger partial charge in [-0.25, -0.2) is 4.98 Å². The van der Waals surface area contributed by atoms with Crippen molar-refractivity contribution in [1.29, 1.82) is 0 Å². The Morgan fingerprint density at radius 2 is 2.05 bits per heavy atom. The number of aromatic nitrogens is 2. The van der Waals surface area contributed by atoms with E-state index in [-0.39, 0.29) is 0 Å². The predicted octanol–water partition coefficient (Wildman–Crippen LogP) is 2.43. The number of nitrogens with zero attached hydrogens (tertiary/aromatic N) is 3. The van der Waals surface area contributed by atoms with Crippen molar-refractivity contribution in [1.82, 2.24) is 19.8 Å². The number of piperidine rings is 1. The Kier molecular flexibility index (Phi) is 4.73. The van der Waals surface area contributed by atoms with Gasteiger partial charge in [0.05, 0.1) is 12.0 Å². The predicted molar refractivity (Wildman–Crippen MR) is 81.7 cm³/mol. The first-order valence-electron chi connectivity index (χ1n) is 8.30. The molecule has 0 aromatic carbocycles. The standard InChI is InChI=1S/C16H28N4/c1-2-7-17-10-14-5-8-19(9-6-14)12-16-11-18-13-20(16)15-3-4-15/h11,13-15,17H,2-10,12H2,1H3. The highest BCUT2D eigenvalue weighted by atomic mass is 15.2. The summed E-state index contributed by atoms with van der Waals surface area (Å²) in [6, 6.07) is 0.753. The fourth-order valence-corrected chi connectivity index (χ4v) is 3.20. The van der Waals surface area contributed by atoms with Crippen molar-refractivity contribution >= 4 is 0 Å². The fourth-order valence-electron chi connectivity index (χ4n) is 3.20. The summed E-state index contributed by atoms with van der Waals surface area (Å²) in [5, 5.41) is 3.56. The van der Waals surface area contributed by atoms with Crippen LogP contribution >= 0.6 is 0 Å². The van der Waals surface area contributed by atoms with E-state index in [1.807, 2.05) is 6.33 Å². The molecule has 1 saturated heterocycles. The van der Waals surface area contributed by atoms with E-state index < -0.39 is 0 Å². The topological polar surface area (TPSA) is 33.1 Å². The van der Waals surface area contributed by atoms with Crippen LogP contribution in [-0.2, 0) is 6.54 Å². The second-order valence-electron chi connectivity index (χ2n) is 6.45. The molecule has 1 saturated carbocycles. The normalized spacial score (nSPS) is 21.4. The van der Waals surface area contributed by atoms with Gasteiger partial charge in [-0.2, -0.15) is 0 Å². The summed E-state index contributed by atoms with van der Waals surface area (Å²) in [5.41, 5.74) is 1.41. The molecule has 0 spiro atoms. The number of imidazole rings is 1. The molecule has 2 heterocycles. The fraction of sp³-hybridized carbons (Fsp3) is 0.812. The van der Waals surface area contributed by atoms with Gasteiger partial charge in [0.1, 0.15) is 0 Å². The van der Waals surface area contributed by atoms with E-state index in [0.717, 1.165) is 18.5 Å². The molecule has 4 heteroatoms. The molecule has 1 N–H and O–H groups in total. The lowest BCUT2D eigenvalue weighted by Crippen LogP contribution is -2.37. The molecule has 1 aromatic rings. The summed E-state index contributed by atoms with van der Waals surface area (Å²) in [4.78, 5) is 6.94. The second kappa shape index (κ2) is 6.72. The molecule has 1 aliphatic heterocycles. The number of hydrogen-bond acceptors (Lipinski definition) is 3. The highest BCUT2D eigenvalue weighted by molar-refractivity contribution is 5.03. The first-order chi connectivity index (χ1) is 9.86. The van der Waals surface area contributed by atoms with E-state index in [4.69, 9.17) is 0 Å². The van der Waals surface area contributed by atoms with Gasteiger partial charge in [0.15, 0.2) is 0 Å². The molecule has 0 atom stereocenters. The molecule has 2 fully saturated rings. The Labute approximate surface area is 122 Å². The molecule has 1 aromatic heterocycles. The van der Waals surface area contributed by atoms with E-state index in [0.29, 0.717) is 0 Å². The zero-order chi connectivity index (χ0) is 13.8. The van der Waals surface area contributed by atoms with Gasteiger partial charge in [0, 0.05) is 18.8 Å². The molecule has 0 bridgehead atoms. The van der Waals surface area contributed by atoms with Gasteiger partial charge >= 0.3 is 0 Å². The molecular weight excluding hydrogens is 248 g/mol. The SMILES string of the molecule is CCCNCC1CCN(Cc2cncn2C2CC2)CC1. The summed E-state index contributed by atoms with van der Waals surface area (Å²) in [5.74, 6) is 0.881. The molecule has 1 aliphatic carbocycles. The molecule has 20 heavy (non-hydrogen) atoms. The number of hydrogen-bond donors (Lipinski definition) is 1. The Bertz CT molecular complexity index is 402. The average Bonchev–Trinajstić information content (AvgIpc) is 3.21. The lowest BCUT2D eigenvalue weighted by Gasteiger charge is -2.32. The van der Waals surface area contributed by atoms with E-state index in [1.54, 1.807) is 0 Å². The summed E-state index contributed by atoms with van der Waals surface area (Å²) < 4.78 is 2.40. The monoisotopic (exact) mass is 276 g/mol. The Hall–Kier alpha value is -0.870. The third kappa shape index (κ3) is 3.61. The minimum absolute atomic E-state index is 0.753. The van der Waals surface area contributed by atoms with E-state index in [2.05, 4.69) is 32.9 Å². The van der Waals surface area contributed by atoms with Gasteiger partial charge in [0.2, 0.25) is 0 Å². The highest BCUT2D eigenvalue weighted by Gasteiger charge is 2.26. The molecule has 4 nitrogen and oxygen atoms in total. The van der Waals surface area contributed by atoms with Crippen molar-refractivity contribution < 1.29 is 0 Å². The molecule has 3 rings (SSSR count). The minimum atomic E-state index is 0.753. The average molecular weight is 276 g/mol. The van der Waals surface area contributed by atoms with Crippen molar-refractivity contribution in [2.45, 2.75) is 51.6 Å². The highest BCUT2D eigenvalue weighted by Crippen LogP contribution is 2.36. The van der Waals surface area contributed by atoms with Gasteiger partial charge in [0.25, 0.3) is 0 Å². The summed E-state index contributed by atoms with van der Waals surface area (Å²) in [7, 11) is 0. The van der Waals surface area contributed by atoms with Crippen LogP contribution in [-0.4, -0.2) is 40.6 Å². The summed E-state index contributed by atoms with van der Waals surface area (Å²) in [6.07, 6.45) is 10.7. The number of likely N-dealkylation sites (tertiary alicyclic amines) is 1. The summed E-state index contributed by atoms with van der Waals surface area (Å²) in [6.45, 7) is 8.19. The maximum atomic E-state index is 4.34. The van der Waals surface area contributed by atoms with Crippen LogP contribution in [0.3, 0.4) is 0 Å². The Morgan fingerprint density at radius 3 is 2.75 bits per heavy atom. The Morgan fingerprint density at radius 1 is 1.25 bits per heavy atom. The molecule has 0 radical (unpaired) electrons. The first-order valence-corrected chi connectivity index (χ1v) is 8.30. The van der Waals surface area contributed by atoms with Crippen LogP contribution in [0.25, 0.3) is 0 Å². The van der Waals surface area contributed by atoms with Crippen LogP contribution in [0.5, 0.6) is 0 Å². The number of rotatable bonds is 7. The van der Waals surface area contributed by atoms with Crippen molar-refractivity contribution in [3.8, 4) is 0 Å². The van der Waals surface area contributed by atoms with Crippen LogP contribution < -0.4 is 5.32 Å². The zero-order valence-electron chi connectivity index (χ0n) is 12.7.